The number of nitrogens with zero attached hydrogens (tertiary/aromatic N) is 1. The van der Waals surface area contributed by atoms with Gasteiger partial charge in [-0.3, -0.25) is 4.90 Å². The van der Waals surface area contributed by atoms with Crippen molar-refractivity contribution in [2.45, 2.75) is 24.3 Å². The van der Waals surface area contributed by atoms with Gasteiger partial charge in [0, 0.05) is 30.2 Å². The second-order valence-corrected chi connectivity index (χ2v) is 9.18. The van der Waals surface area contributed by atoms with Crippen LogP contribution in [0.5, 0.6) is 5.75 Å². The van der Waals surface area contributed by atoms with Crippen molar-refractivity contribution >= 4 is 37.6 Å². The monoisotopic (exact) mass is 440 g/mol. The van der Waals surface area contributed by atoms with Crippen molar-refractivity contribution in [1.29, 1.82) is 0 Å². The smallest absolute Gasteiger partial charge is 0.244 e. The molecule has 1 heterocycles. The van der Waals surface area contributed by atoms with Crippen LogP contribution in [0.2, 0.25) is 5.02 Å². The summed E-state index contributed by atoms with van der Waals surface area (Å²) in [5.74, 6) is 0.232. The zero-order valence-corrected chi connectivity index (χ0v) is 17.1. The second-order valence-electron chi connectivity index (χ2n) is 6.16. The SMILES string of the molecule is COc1c(Br)cc(Cl)cc1S(=O)(=O)NCC(C)(C)N1CCOCC1. The molecule has 0 spiro atoms. The zero-order chi connectivity index (χ0) is 18.0. The number of nitrogens with one attached hydrogen (secondary N) is 1. The molecule has 1 aromatic carbocycles. The van der Waals surface area contributed by atoms with Gasteiger partial charge >= 0.3 is 0 Å². The van der Waals surface area contributed by atoms with Gasteiger partial charge in [-0.1, -0.05) is 11.6 Å². The Kier molecular flexibility index (Phi) is 6.55. The molecule has 1 aliphatic heterocycles. The Morgan fingerprint density at radius 2 is 2.00 bits per heavy atom. The molecule has 136 valence electrons. The van der Waals surface area contributed by atoms with Gasteiger partial charge in [0.1, 0.15) is 4.90 Å². The fourth-order valence-electron chi connectivity index (χ4n) is 2.56. The maximum Gasteiger partial charge on any atom is 0.244 e. The van der Waals surface area contributed by atoms with Gasteiger partial charge in [-0.25, -0.2) is 13.1 Å². The Morgan fingerprint density at radius 3 is 2.58 bits per heavy atom. The van der Waals surface area contributed by atoms with Crippen molar-refractivity contribution in [1.82, 2.24) is 9.62 Å². The fraction of sp³-hybridized carbons (Fsp3) is 0.600. The third-order valence-electron chi connectivity index (χ3n) is 4.03. The number of methoxy groups -OCH3 is 1. The first-order valence-corrected chi connectivity index (χ1v) is 10.2. The predicted octanol–water partition coefficient (Wildman–Crippen LogP) is 2.50. The molecule has 1 saturated heterocycles. The first kappa shape index (κ1) is 19.9. The summed E-state index contributed by atoms with van der Waals surface area (Å²) in [5, 5.41) is 0.315. The molecule has 0 amide bonds. The number of ether oxygens (including phenoxy) is 2. The van der Waals surface area contributed by atoms with Crippen LogP contribution >= 0.6 is 27.5 Å². The molecule has 0 bridgehead atoms. The minimum absolute atomic E-state index is 0.0159. The number of hydrogen-bond donors (Lipinski definition) is 1. The van der Waals surface area contributed by atoms with Crippen LogP contribution < -0.4 is 9.46 Å². The molecular formula is C15H22BrClN2O4S. The Labute approximate surface area is 156 Å². The summed E-state index contributed by atoms with van der Waals surface area (Å²) in [7, 11) is -2.35. The normalized spacial score (nSPS) is 17.0. The lowest BCUT2D eigenvalue weighted by molar-refractivity contribution is -0.00803. The van der Waals surface area contributed by atoms with Gasteiger partial charge in [0.2, 0.25) is 10.0 Å². The van der Waals surface area contributed by atoms with Crippen LogP contribution in [0.1, 0.15) is 13.8 Å². The number of benzene rings is 1. The van der Waals surface area contributed by atoms with E-state index in [9.17, 15) is 8.42 Å². The van der Waals surface area contributed by atoms with Crippen LogP contribution in [0.3, 0.4) is 0 Å². The average Bonchev–Trinajstić information content (AvgIpc) is 2.53. The first-order chi connectivity index (χ1) is 11.2. The molecule has 0 atom stereocenters. The number of halogens is 2. The Bertz CT molecular complexity index is 691. The summed E-state index contributed by atoms with van der Waals surface area (Å²) in [4.78, 5) is 2.23. The van der Waals surface area contributed by atoms with Gasteiger partial charge in [-0.2, -0.15) is 0 Å². The Hall–Kier alpha value is -0.380. The van der Waals surface area contributed by atoms with Crippen LogP contribution in [0.4, 0.5) is 0 Å². The molecule has 1 N–H and O–H groups in total. The molecule has 1 aliphatic rings. The highest BCUT2D eigenvalue weighted by Gasteiger charge is 2.31. The van der Waals surface area contributed by atoms with E-state index in [-0.39, 0.29) is 22.7 Å². The third-order valence-corrected chi connectivity index (χ3v) is 6.24. The van der Waals surface area contributed by atoms with Crippen molar-refractivity contribution < 1.29 is 17.9 Å². The number of morpholine rings is 1. The van der Waals surface area contributed by atoms with Crippen LogP contribution in [-0.4, -0.2) is 58.8 Å². The maximum absolute atomic E-state index is 12.7. The van der Waals surface area contributed by atoms with Gasteiger partial charge in [0.15, 0.2) is 5.75 Å². The molecule has 6 nitrogen and oxygen atoms in total. The summed E-state index contributed by atoms with van der Waals surface area (Å²) in [6, 6.07) is 2.98. The van der Waals surface area contributed by atoms with Crippen molar-refractivity contribution in [2.24, 2.45) is 0 Å². The number of hydrogen-bond acceptors (Lipinski definition) is 5. The number of sulfonamides is 1. The molecule has 2 rings (SSSR count). The van der Waals surface area contributed by atoms with Crippen LogP contribution in [0.15, 0.2) is 21.5 Å². The highest BCUT2D eigenvalue weighted by atomic mass is 79.9. The summed E-state index contributed by atoms with van der Waals surface area (Å²) in [5.41, 5.74) is -0.333. The summed E-state index contributed by atoms with van der Waals surface area (Å²) < 4.78 is 39.2. The fourth-order valence-corrected chi connectivity index (χ4v) is 5.15. The Morgan fingerprint density at radius 1 is 1.38 bits per heavy atom. The lowest BCUT2D eigenvalue weighted by Gasteiger charge is -2.40. The van der Waals surface area contributed by atoms with Crippen LogP contribution in [0.25, 0.3) is 0 Å². The van der Waals surface area contributed by atoms with E-state index in [0.29, 0.717) is 22.7 Å². The van der Waals surface area contributed by atoms with Crippen LogP contribution in [0, 0.1) is 0 Å². The van der Waals surface area contributed by atoms with E-state index in [0.717, 1.165) is 13.1 Å². The molecular weight excluding hydrogens is 420 g/mol. The van der Waals surface area contributed by atoms with Gasteiger partial charge < -0.3 is 9.47 Å². The summed E-state index contributed by atoms with van der Waals surface area (Å²) in [6.07, 6.45) is 0. The highest BCUT2D eigenvalue weighted by molar-refractivity contribution is 9.10. The zero-order valence-electron chi connectivity index (χ0n) is 13.9. The first-order valence-electron chi connectivity index (χ1n) is 7.53. The van der Waals surface area contributed by atoms with Gasteiger partial charge in [-0.05, 0) is 41.9 Å². The van der Waals surface area contributed by atoms with E-state index in [2.05, 4.69) is 25.6 Å². The third kappa shape index (κ3) is 4.62. The van der Waals surface area contributed by atoms with E-state index in [1.165, 1.54) is 13.2 Å². The molecule has 1 fully saturated rings. The minimum atomic E-state index is -3.77. The van der Waals surface area contributed by atoms with Crippen molar-refractivity contribution in [3.8, 4) is 5.75 Å². The predicted molar refractivity (Wildman–Crippen MR) is 97.4 cm³/mol. The van der Waals surface area contributed by atoms with Gasteiger partial charge in [0.05, 0.1) is 24.8 Å². The molecule has 1 aromatic rings. The molecule has 0 unspecified atom stereocenters. The minimum Gasteiger partial charge on any atom is -0.494 e. The maximum atomic E-state index is 12.7. The topological polar surface area (TPSA) is 67.9 Å². The molecule has 9 heteroatoms. The van der Waals surface area contributed by atoms with Crippen molar-refractivity contribution in [3.05, 3.63) is 21.6 Å². The molecule has 24 heavy (non-hydrogen) atoms. The second kappa shape index (κ2) is 7.88. The lowest BCUT2D eigenvalue weighted by Crippen LogP contribution is -2.55. The standard InChI is InChI=1S/C15H22BrClN2O4S/c1-15(2,19-4-6-23-7-5-19)10-18-24(20,21)13-9-11(17)8-12(16)14(13)22-3/h8-9,18H,4-7,10H2,1-3H3. The quantitative estimate of drug-likeness (QED) is 0.735. The van der Waals surface area contributed by atoms with E-state index in [1.807, 2.05) is 13.8 Å². The molecule has 0 aromatic heterocycles. The summed E-state index contributed by atoms with van der Waals surface area (Å²) >= 11 is 9.28. The molecule has 0 saturated carbocycles. The Balaban J connectivity index is 2.19. The largest absolute Gasteiger partial charge is 0.494 e. The van der Waals surface area contributed by atoms with E-state index in [1.54, 1.807) is 6.07 Å². The lowest BCUT2D eigenvalue weighted by atomic mass is 10.0. The molecule has 0 aliphatic carbocycles. The van der Waals surface area contributed by atoms with E-state index in [4.69, 9.17) is 21.1 Å². The molecule has 0 radical (unpaired) electrons. The average molecular weight is 442 g/mol. The van der Waals surface area contributed by atoms with E-state index < -0.39 is 10.0 Å². The van der Waals surface area contributed by atoms with Crippen molar-refractivity contribution in [2.75, 3.05) is 40.0 Å². The highest BCUT2D eigenvalue weighted by Crippen LogP contribution is 2.35. The summed E-state index contributed by atoms with van der Waals surface area (Å²) in [6.45, 7) is 7.15. The van der Waals surface area contributed by atoms with Gasteiger partial charge in [-0.15, -0.1) is 0 Å². The van der Waals surface area contributed by atoms with Gasteiger partial charge in [0.25, 0.3) is 0 Å². The van der Waals surface area contributed by atoms with Crippen LogP contribution in [-0.2, 0) is 14.8 Å². The number of rotatable bonds is 6. The van der Waals surface area contributed by atoms with E-state index >= 15 is 0 Å². The van der Waals surface area contributed by atoms with Crippen molar-refractivity contribution in [3.63, 3.8) is 0 Å².